The molecule has 3 rings (SSSR count). The summed E-state index contributed by atoms with van der Waals surface area (Å²) in [4.78, 5) is 27.7. The van der Waals surface area contributed by atoms with Crippen LogP contribution in [0.3, 0.4) is 0 Å². The van der Waals surface area contributed by atoms with E-state index < -0.39 is 6.04 Å². The van der Waals surface area contributed by atoms with Crippen molar-refractivity contribution in [2.24, 2.45) is 0 Å². The van der Waals surface area contributed by atoms with Gasteiger partial charge >= 0.3 is 0 Å². The maximum Gasteiger partial charge on any atom is 0.242 e. The summed E-state index contributed by atoms with van der Waals surface area (Å²) < 4.78 is 0. The molecule has 0 radical (unpaired) electrons. The Bertz CT molecular complexity index is 1060. The van der Waals surface area contributed by atoms with Gasteiger partial charge in [0.2, 0.25) is 11.8 Å². The summed E-state index contributed by atoms with van der Waals surface area (Å²) in [5.74, 6) is -0.194. The zero-order valence-electron chi connectivity index (χ0n) is 18.8. The number of halogens is 1. The van der Waals surface area contributed by atoms with E-state index in [1.165, 1.54) is 0 Å². The first kappa shape index (κ1) is 23.8. The number of aryl methyl sites for hydroxylation is 1. The summed E-state index contributed by atoms with van der Waals surface area (Å²) in [5, 5.41) is 5.87. The van der Waals surface area contributed by atoms with Gasteiger partial charge in [0.15, 0.2) is 0 Å². The number of fused-ring (bicyclic) bond motifs is 1. The van der Waals surface area contributed by atoms with E-state index in [9.17, 15) is 9.59 Å². The van der Waals surface area contributed by atoms with Gasteiger partial charge in [0.1, 0.15) is 6.04 Å². The molecule has 168 valence electrons. The highest BCUT2D eigenvalue weighted by molar-refractivity contribution is 6.31. The fourth-order valence-corrected chi connectivity index (χ4v) is 4.02. The lowest BCUT2D eigenvalue weighted by molar-refractivity contribution is -0.140. The molecule has 0 spiro atoms. The van der Waals surface area contributed by atoms with Gasteiger partial charge in [-0.05, 0) is 47.7 Å². The molecule has 3 aromatic rings. The number of amides is 2. The van der Waals surface area contributed by atoms with Crippen LogP contribution in [0.25, 0.3) is 10.8 Å². The van der Waals surface area contributed by atoms with E-state index in [0.29, 0.717) is 31.0 Å². The van der Waals surface area contributed by atoms with Crippen molar-refractivity contribution in [3.63, 3.8) is 0 Å². The minimum atomic E-state index is -0.580. The van der Waals surface area contributed by atoms with Gasteiger partial charge in [-0.2, -0.15) is 0 Å². The van der Waals surface area contributed by atoms with Crippen LogP contribution in [0.2, 0.25) is 5.02 Å². The number of benzene rings is 3. The molecule has 0 aliphatic heterocycles. The fraction of sp³-hybridized carbons (Fsp3) is 0.333. The van der Waals surface area contributed by atoms with E-state index in [2.05, 4.69) is 36.5 Å². The van der Waals surface area contributed by atoms with Crippen LogP contribution in [-0.2, 0) is 22.6 Å². The van der Waals surface area contributed by atoms with Gasteiger partial charge in [-0.1, -0.05) is 85.6 Å². The quantitative estimate of drug-likeness (QED) is 0.399. The summed E-state index contributed by atoms with van der Waals surface area (Å²) in [6.45, 7) is 4.78. The molecule has 2 amide bonds. The van der Waals surface area contributed by atoms with Crippen molar-refractivity contribution in [3.8, 4) is 0 Å². The van der Waals surface area contributed by atoms with Crippen LogP contribution >= 0.6 is 11.6 Å². The average Bonchev–Trinajstić information content (AvgIpc) is 2.81. The highest BCUT2D eigenvalue weighted by Gasteiger charge is 2.26. The zero-order valence-corrected chi connectivity index (χ0v) is 19.6. The number of hydrogen-bond acceptors (Lipinski definition) is 2. The number of hydrogen-bond donors (Lipinski definition) is 1. The molecule has 1 atom stereocenters. The third-order valence-electron chi connectivity index (χ3n) is 5.78. The van der Waals surface area contributed by atoms with E-state index in [1.54, 1.807) is 11.8 Å². The summed E-state index contributed by atoms with van der Waals surface area (Å²) in [6, 6.07) is 21.2. The predicted molar refractivity (Wildman–Crippen MR) is 132 cm³/mol. The number of nitrogens with zero attached hydrogens (tertiary/aromatic N) is 1. The molecule has 0 aliphatic carbocycles. The second-order valence-electron chi connectivity index (χ2n) is 8.07. The van der Waals surface area contributed by atoms with Crippen LogP contribution in [0.1, 0.15) is 44.2 Å². The van der Waals surface area contributed by atoms with Crippen LogP contribution in [0.5, 0.6) is 0 Å². The van der Waals surface area contributed by atoms with E-state index in [4.69, 9.17) is 11.6 Å². The first-order valence-electron chi connectivity index (χ1n) is 11.3. The van der Waals surface area contributed by atoms with Gasteiger partial charge in [-0.15, -0.1) is 0 Å². The average molecular weight is 451 g/mol. The summed E-state index contributed by atoms with van der Waals surface area (Å²) >= 11 is 6.36. The Labute approximate surface area is 195 Å². The number of carbonyl (C=O) groups excluding carboxylic acids is 2. The van der Waals surface area contributed by atoms with Gasteiger partial charge in [0.25, 0.3) is 0 Å². The normalized spacial score (nSPS) is 11.8. The monoisotopic (exact) mass is 450 g/mol. The SMILES string of the molecule is CCCCNC(=O)[C@@H](C)N(Cc1ccccc1Cl)C(=O)CCc1cccc2ccccc12. The first-order chi connectivity index (χ1) is 15.5. The largest absolute Gasteiger partial charge is 0.354 e. The lowest BCUT2D eigenvalue weighted by Crippen LogP contribution is -2.47. The minimum absolute atomic E-state index is 0.0593. The van der Waals surface area contributed by atoms with Crippen molar-refractivity contribution >= 4 is 34.2 Å². The van der Waals surface area contributed by atoms with E-state index in [1.807, 2.05) is 42.5 Å². The smallest absolute Gasteiger partial charge is 0.242 e. The first-order valence-corrected chi connectivity index (χ1v) is 11.7. The highest BCUT2D eigenvalue weighted by Crippen LogP contribution is 2.22. The third-order valence-corrected chi connectivity index (χ3v) is 6.15. The van der Waals surface area contributed by atoms with Crippen molar-refractivity contribution in [1.29, 1.82) is 0 Å². The molecule has 3 aromatic carbocycles. The molecule has 0 unspecified atom stereocenters. The maximum atomic E-state index is 13.3. The molecule has 4 nitrogen and oxygen atoms in total. The molecule has 0 saturated carbocycles. The van der Waals surface area contributed by atoms with Gasteiger partial charge in [0.05, 0.1) is 0 Å². The third kappa shape index (κ3) is 6.10. The molecule has 0 bridgehead atoms. The fourth-order valence-electron chi connectivity index (χ4n) is 3.82. The van der Waals surface area contributed by atoms with Gasteiger partial charge in [-0.3, -0.25) is 9.59 Å². The Morgan fingerprint density at radius 3 is 2.44 bits per heavy atom. The maximum absolute atomic E-state index is 13.3. The zero-order chi connectivity index (χ0) is 22.9. The van der Waals surface area contributed by atoms with Crippen LogP contribution in [0.15, 0.2) is 66.7 Å². The van der Waals surface area contributed by atoms with Crippen LogP contribution < -0.4 is 5.32 Å². The summed E-state index contributed by atoms with van der Waals surface area (Å²) in [5.41, 5.74) is 1.97. The lowest BCUT2D eigenvalue weighted by atomic mass is 10.0. The van der Waals surface area contributed by atoms with E-state index in [-0.39, 0.29) is 11.8 Å². The Morgan fingerprint density at radius 2 is 1.66 bits per heavy atom. The highest BCUT2D eigenvalue weighted by atomic mass is 35.5. The molecular weight excluding hydrogens is 420 g/mol. The van der Waals surface area contributed by atoms with Crippen LogP contribution in [0.4, 0.5) is 0 Å². The molecule has 32 heavy (non-hydrogen) atoms. The number of carbonyl (C=O) groups is 2. The van der Waals surface area contributed by atoms with E-state index >= 15 is 0 Å². The van der Waals surface area contributed by atoms with Gasteiger partial charge in [-0.25, -0.2) is 0 Å². The standard InChI is InChI=1S/C27H31ClN2O2/c1-3-4-18-29-27(32)20(2)30(19-23-11-6-8-15-25(23)28)26(31)17-16-22-13-9-12-21-10-5-7-14-24(21)22/h5-15,20H,3-4,16-19H2,1-2H3,(H,29,32)/t20-/m1/s1. The van der Waals surface area contributed by atoms with Crippen LogP contribution in [-0.4, -0.2) is 29.3 Å². The van der Waals surface area contributed by atoms with Crippen molar-refractivity contribution in [3.05, 3.63) is 82.9 Å². The number of nitrogens with one attached hydrogen (secondary N) is 1. The van der Waals surface area contributed by atoms with Gasteiger partial charge in [0, 0.05) is 24.5 Å². The molecule has 1 N–H and O–H groups in total. The molecule has 0 aliphatic rings. The van der Waals surface area contributed by atoms with Gasteiger partial charge < -0.3 is 10.2 Å². The topological polar surface area (TPSA) is 49.4 Å². The molecule has 5 heteroatoms. The Kier molecular flexibility index (Phi) is 8.69. The Balaban J connectivity index is 1.77. The predicted octanol–water partition coefficient (Wildman–Crippen LogP) is 5.76. The summed E-state index contributed by atoms with van der Waals surface area (Å²) in [7, 11) is 0. The lowest BCUT2D eigenvalue weighted by Gasteiger charge is -2.29. The second-order valence-corrected chi connectivity index (χ2v) is 8.48. The molecule has 0 saturated heterocycles. The van der Waals surface area contributed by atoms with Crippen molar-refractivity contribution in [2.45, 2.75) is 52.1 Å². The molecule has 0 fully saturated rings. The van der Waals surface area contributed by atoms with E-state index in [0.717, 1.165) is 34.7 Å². The minimum Gasteiger partial charge on any atom is -0.354 e. The second kappa shape index (κ2) is 11.7. The van der Waals surface area contributed by atoms with Crippen molar-refractivity contribution < 1.29 is 9.59 Å². The molecular formula is C27H31ClN2O2. The van der Waals surface area contributed by atoms with Crippen molar-refractivity contribution in [2.75, 3.05) is 6.54 Å². The van der Waals surface area contributed by atoms with Crippen molar-refractivity contribution in [1.82, 2.24) is 10.2 Å². The number of unbranched alkanes of at least 4 members (excludes halogenated alkanes) is 1. The summed E-state index contributed by atoms with van der Waals surface area (Å²) in [6.07, 6.45) is 2.86. The Morgan fingerprint density at radius 1 is 0.969 bits per heavy atom. The molecule has 0 heterocycles. The number of rotatable bonds is 10. The molecule has 0 aromatic heterocycles. The Hall–Kier alpha value is -2.85. The van der Waals surface area contributed by atoms with Crippen LogP contribution in [0, 0.1) is 0 Å².